The average Bonchev–Trinajstić information content (AvgIpc) is 2.93. The van der Waals surface area contributed by atoms with Crippen LogP contribution >= 0.6 is 0 Å². The van der Waals surface area contributed by atoms with E-state index in [1.807, 2.05) is 7.05 Å². The van der Waals surface area contributed by atoms with Crippen LogP contribution in [0.4, 0.5) is 5.69 Å². The van der Waals surface area contributed by atoms with Crippen LogP contribution in [-0.2, 0) is 37.9 Å². The van der Waals surface area contributed by atoms with Gasteiger partial charge in [0, 0.05) is 18.7 Å². The number of non-ortho nitro benzene ring substituents is 1. The highest BCUT2D eigenvalue weighted by atomic mass is 16.6. The minimum atomic E-state index is -0.451. The Bertz CT molecular complexity index is 653. The summed E-state index contributed by atoms with van der Waals surface area (Å²) in [6.45, 7) is 9.39. The predicted octanol–water partition coefficient (Wildman–Crippen LogP) is 1.33. The zero-order chi connectivity index (χ0) is 27.4. The van der Waals surface area contributed by atoms with Gasteiger partial charge < -0.3 is 47.9 Å². The minimum absolute atomic E-state index is 0.0289. The molecule has 1 aromatic carbocycles. The molecule has 0 unspecified atom stereocenters. The van der Waals surface area contributed by atoms with Gasteiger partial charge in [-0.1, -0.05) is 0 Å². The first-order valence-electron chi connectivity index (χ1n) is 12.9. The smallest absolute Gasteiger partial charge is 0.269 e. The van der Waals surface area contributed by atoms with Crippen LogP contribution in [0.5, 0.6) is 5.75 Å². The van der Waals surface area contributed by atoms with Crippen LogP contribution in [0.25, 0.3) is 0 Å². The number of hydrogen-bond acceptors (Lipinski definition) is 12. The summed E-state index contributed by atoms with van der Waals surface area (Å²) in [6, 6.07) is 5.92. The molecule has 220 valence electrons. The average molecular weight is 549 g/mol. The van der Waals surface area contributed by atoms with E-state index in [1.165, 1.54) is 12.1 Å². The SMILES string of the molecule is CNCCOCCOCCOCCOCCOCCOCCOCCOCCOc1ccc([N+](=O)[O-])cc1. The van der Waals surface area contributed by atoms with Crippen molar-refractivity contribution >= 4 is 5.69 Å². The molecule has 0 heterocycles. The Morgan fingerprint density at radius 1 is 0.553 bits per heavy atom. The molecule has 0 saturated carbocycles. The number of ether oxygens (including phenoxy) is 9. The van der Waals surface area contributed by atoms with Crippen molar-refractivity contribution in [1.29, 1.82) is 0 Å². The summed E-state index contributed by atoms with van der Waals surface area (Å²) in [6.07, 6.45) is 0. The van der Waals surface area contributed by atoms with Crippen molar-refractivity contribution in [3.05, 3.63) is 34.4 Å². The normalized spacial score (nSPS) is 11.2. The Labute approximate surface area is 225 Å². The summed E-state index contributed by atoms with van der Waals surface area (Å²) in [4.78, 5) is 10.2. The van der Waals surface area contributed by atoms with E-state index in [0.29, 0.717) is 118 Å². The Morgan fingerprint density at radius 3 is 1.18 bits per heavy atom. The topological polar surface area (TPSA) is 138 Å². The predicted molar refractivity (Wildman–Crippen MR) is 139 cm³/mol. The van der Waals surface area contributed by atoms with Gasteiger partial charge in [-0.15, -0.1) is 0 Å². The van der Waals surface area contributed by atoms with Gasteiger partial charge in [-0.25, -0.2) is 0 Å². The lowest BCUT2D eigenvalue weighted by molar-refractivity contribution is -0.384. The van der Waals surface area contributed by atoms with Gasteiger partial charge in [-0.2, -0.15) is 0 Å². The lowest BCUT2D eigenvalue weighted by atomic mass is 10.3. The quantitative estimate of drug-likeness (QED) is 0.0878. The number of likely N-dealkylation sites (N-methyl/N-ethyl adjacent to an activating group) is 1. The Kier molecular flexibility index (Phi) is 23.9. The summed E-state index contributed by atoms with van der Waals surface area (Å²) in [5.74, 6) is 0.560. The fourth-order valence-electron chi connectivity index (χ4n) is 2.70. The molecule has 0 amide bonds. The van der Waals surface area contributed by atoms with Crippen molar-refractivity contribution in [2.75, 3.05) is 126 Å². The van der Waals surface area contributed by atoms with E-state index in [0.717, 1.165) is 6.54 Å². The van der Waals surface area contributed by atoms with E-state index in [4.69, 9.17) is 42.6 Å². The highest BCUT2D eigenvalue weighted by molar-refractivity contribution is 5.35. The van der Waals surface area contributed by atoms with Crippen molar-refractivity contribution in [1.82, 2.24) is 5.32 Å². The molecular weight excluding hydrogens is 504 g/mol. The van der Waals surface area contributed by atoms with Crippen molar-refractivity contribution < 1.29 is 47.6 Å². The number of nitro groups is 1. The molecule has 1 rings (SSSR count). The maximum absolute atomic E-state index is 10.6. The highest BCUT2D eigenvalue weighted by Gasteiger charge is 2.04. The molecule has 1 N–H and O–H groups in total. The molecule has 0 atom stereocenters. The van der Waals surface area contributed by atoms with E-state index < -0.39 is 4.92 Å². The third-order valence-electron chi connectivity index (χ3n) is 4.64. The van der Waals surface area contributed by atoms with Crippen LogP contribution in [0, 0.1) is 10.1 Å². The monoisotopic (exact) mass is 548 g/mol. The Morgan fingerprint density at radius 2 is 0.868 bits per heavy atom. The summed E-state index contributed by atoms with van der Waals surface area (Å²) in [5, 5.41) is 13.6. The van der Waals surface area contributed by atoms with Gasteiger partial charge in [0.2, 0.25) is 0 Å². The van der Waals surface area contributed by atoms with Crippen molar-refractivity contribution in [3.63, 3.8) is 0 Å². The number of nitrogens with zero attached hydrogens (tertiary/aromatic N) is 1. The molecule has 0 aliphatic carbocycles. The molecule has 0 aromatic heterocycles. The molecule has 1 aromatic rings. The number of nitrogens with one attached hydrogen (secondary N) is 1. The number of rotatable bonds is 29. The highest BCUT2D eigenvalue weighted by Crippen LogP contribution is 2.17. The van der Waals surface area contributed by atoms with Crippen molar-refractivity contribution in [3.8, 4) is 5.75 Å². The van der Waals surface area contributed by atoms with E-state index in [-0.39, 0.29) is 5.69 Å². The fourth-order valence-corrected chi connectivity index (χ4v) is 2.70. The fraction of sp³-hybridized carbons (Fsp3) is 0.760. The first-order chi connectivity index (χ1) is 18.7. The van der Waals surface area contributed by atoms with Crippen molar-refractivity contribution in [2.24, 2.45) is 0 Å². The van der Waals surface area contributed by atoms with Crippen molar-refractivity contribution in [2.45, 2.75) is 0 Å². The maximum Gasteiger partial charge on any atom is 0.269 e. The van der Waals surface area contributed by atoms with Gasteiger partial charge in [0.1, 0.15) is 12.4 Å². The second kappa shape index (κ2) is 26.7. The molecule has 0 aliphatic heterocycles. The summed E-state index contributed by atoms with van der Waals surface area (Å²) in [7, 11) is 1.89. The molecule has 13 heteroatoms. The molecule has 38 heavy (non-hydrogen) atoms. The Balaban J connectivity index is 1.68. The van der Waals surface area contributed by atoms with Gasteiger partial charge in [-0.05, 0) is 19.2 Å². The summed E-state index contributed by atoms with van der Waals surface area (Å²) < 4.78 is 48.8. The number of nitro benzene ring substituents is 1. The molecule has 0 fully saturated rings. The first-order valence-corrected chi connectivity index (χ1v) is 12.9. The number of hydrogen-bond donors (Lipinski definition) is 1. The van der Waals surface area contributed by atoms with Gasteiger partial charge in [0.15, 0.2) is 0 Å². The van der Waals surface area contributed by atoms with Gasteiger partial charge in [0.25, 0.3) is 5.69 Å². The number of benzene rings is 1. The molecule has 0 bridgehead atoms. The van der Waals surface area contributed by atoms with Crippen LogP contribution in [0.2, 0.25) is 0 Å². The molecule has 0 spiro atoms. The van der Waals surface area contributed by atoms with E-state index in [9.17, 15) is 10.1 Å². The minimum Gasteiger partial charge on any atom is -0.491 e. The summed E-state index contributed by atoms with van der Waals surface area (Å²) in [5.41, 5.74) is 0.0289. The zero-order valence-corrected chi connectivity index (χ0v) is 22.5. The molecular formula is C25H44N2O11. The molecule has 0 aliphatic rings. The van der Waals surface area contributed by atoms with E-state index in [1.54, 1.807) is 12.1 Å². The standard InChI is InChI=1S/C25H44N2O11/c1-26-6-7-30-8-9-31-10-11-32-12-13-33-14-15-34-16-17-35-18-19-36-20-21-37-22-23-38-25-4-2-24(3-5-25)27(28)29/h2-5,26H,6-23H2,1H3. The zero-order valence-electron chi connectivity index (χ0n) is 22.5. The second-order valence-corrected chi connectivity index (χ2v) is 7.60. The molecule has 13 nitrogen and oxygen atoms in total. The Hall–Kier alpha value is -1.94. The largest absolute Gasteiger partial charge is 0.491 e. The van der Waals surface area contributed by atoms with Crippen LogP contribution < -0.4 is 10.1 Å². The van der Waals surface area contributed by atoms with Crippen LogP contribution in [-0.4, -0.2) is 131 Å². The summed E-state index contributed by atoms with van der Waals surface area (Å²) >= 11 is 0. The second-order valence-electron chi connectivity index (χ2n) is 7.60. The van der Waals surface area contributed by atoms with Crippen LogP contribution in [0.1, 0.15) is 0 Å². The van der Waals surface area contributed by atoms with Gasteiger partial charge >= 0.3 is 0 Å². The molecule has 0 saturated heterocycles. The molecule has 0 radical (unpaired) electrons. The van der Waals surface area contributed by atoms with E-state index >= 15 is 0 Å². The van der Waals surface area contributed by atoms with Crippen LogP contribution in [0.3, 0.4) is 0 Å². The first kappa shape index (κ1) is 34.1. The van der Waals surface area contributed by atoms with E-state index in [2.05, 4.69) is 5.32 Å². The lowest BCUT2D eigenvalue weighted by Gasteiger charge is -2.09. The van der Waals surface area contributed by atoms with Gasteiger partial charge in [0.05, 0.1) is 111 Å². The lowest BCUT2D eigenvalue weighted by Crippen LogP contribution is -2.17. The third kappa shape index (κ3) is 22.1. The van der Waals surface area contributed by atoms with Crippen LogP contribution in [0.15, 0.2) is 24.3 Å². The third-order valence-corrected chi connectivity index (χ3v) is 4.64. The maximum atomic E-state index is 10.6. The van der Waals surface area contributed by atoms with Gasteiger partial charge in [-0.3, -0.25) is 10.1 Å².